The molecule has 1 heterocycles. The highest BCUT2D eigenvalue weighted by molar-refractivity contribution is 5.86. The first-order valence-corrected chi connectivity index (χ1v) is 8.12. The number of hydrogen-bond acceptors (Lipinski definition) is 3. The number of anilines is 1. The summed E-state index contributed by atoms with van der Waals surface area (Å²) in [6, 6.07) is 6.04. The number of benzene rings is 1. The summed E-state index contributed by atoms with van der Waals surface area (Å²) in [7, 11) is 1.99. The fourth-order valence-electron chi connectivity index (χ4n) is 3.23. The molecule has 22 heavy (non-hydrogen) atoms. The summed E-state index contributed by atoms with van der Waals surface area (Å²) in [5.74, 6) is 0.638. The first-order valence-electron chi connectivity index (χ1n) is 8.12. The summed E-state index contributed by atoms with van der Waals surface area (Å²) in [5.41, 5.74) is 3.56. The second-order valence-electron chi connectivity index (χ2n) is 6.93. The van der Waals surface area contributed by atoms with Crippen LogP contribution in [-0.2, 0) is 11.2 Å². The van der Waals surface area contributed by atoms with Crippen LogP contribution in [0.2, 0.25) is 0 Å². The summed E-state index contributed by atoms with van der Waals surface area (Å²) in [4.78, 5) is 14.6. The highest BCUT2D eigenvalue weighted by Gasteiger charge is 2.32. The molecule has 4 nitrogen and oxygen atoms in total. The van der Waals surface area contributed by atoms with Gasteiger partial charge in [0.05, 0.1) is 12.6 Å². The van der Waals surface area contributed by atoms with Gasteiger partial charge < -0.3 is 15.3 Å². The van der Waals surface area contributed by atoms with Gasteiger partial charge in [0.1, 0.15) is 6.04 Å². The van der Waals surface area contributed by atoms with E-state index in [2.05, 4.69) is 56.1 Å². The van der Waals surface area contributed by atoms with Crippen LogP contribution in [0.3, 0.4) is 0 Å². The van der Waals surface area contributed by atoms with Crippen LogP contribution in [0.15, 0.2) is 18.2 Å². The maximum Gasteiger partial charge on any atom is 0.243 e. The third kappa shape index (κ3) is 3.27. The monoisotopic (exact) mass is 304 g/mol. The third-order valence-electron chi connectivity index (χ3n) is 4.51. The van der Waals surface area contributed by atoms with Crippen LogP contribution < -0.4 is 10.2 Å². The van der Waals surface area contributed by atoms with Gasteiger partial charge in [-0.1, -0.05) is 39.8 Å². The Balaban J connectivity index is 2.52. The number of aliphatic hydroxyl groups excluding tert-OH is 1. The lowest BCUT2D eigenvalue weighted by Gasteiger charge is -2.37. The molecule has 0 aliphatic carbocycles. The molecule has 0 bridgehead atoms. The highest BCUT2D eigenvalue weighted by atomic mass is 16.3. The smallest absolute Gasteiger partial charge is 0.243 e. The second kappa shape index (κ2) is 6.69. The average Bonchev–Trinajstić information content (AvgIpc) is 2.44. The third-order valence-corrected chi connectivity index (χ3v) is 4.51. The largest absolute Gasteiger partial charge is 0.394 e. The van der Waals surface area contributed by atoms with Crippen molar-refractivity contribution >= 4 is 11.6 Å². The Morgan fingerprint density at radius 3 is 2.55 bits per heavy atom. The first-order chi connectivity index (χ1) is 10.3. The second-order valence-corrected chi connectivity index (χ2v) is 6.93. The predicted molar refractivity (Wildman–Crippen MR) is 90.3 cm³/mol. The fraction of sp³-hybridized carbons (Fsp3) is 0.611. The molecule has 0 fully saturated rings. The van der Waals surface area contributed by atoms with Gasteiger partial charge in [0.2, 0.25) is 5.91 Å². The molecule has 2 N–H and O–H groups in total. The van der Waals surface area contributed by atoms with Crippen molar-refractivity contribution in [3.05, 3.63) is 29.3 Å². The molecule has 0 spiro atoms. The van der Waals surface area contributed by atoms with Crippen LogP contribution in [0.5, 0.6) is 0 Å². The van der Waals surface area contributed by atoms with Gasteiger partial charge in [-0.3, -0.25) is 4.79 Å². The van der Waals surface area contributed by atoms with Crippen molar-refractivity contribution < 1.29 is 9.90 Å². The molecule has 0 saturated carbocycles. The molecular weight excluding hydrogens is 276 g/mol. The van der Waals surface area contributed by atoms with Gasteiger partial charge in [0.15, 0.2) is 0 Å². The van der Waals surface area contributed by atoms with Gasteiger partial charge in [0, 0.05) is 12.7 Å². The maximum absolute atomic E-state index is 12.6. The summed E-state index contributed by atoms with van der Waals surface area (Å²) in [5, 5.41) is 12.5. The lowest BCUT2D eigenvalue weighted by Crippen LogP contribution is -2.54. The van der Waals surface area contributed by atoms with E-state index < -0.39 is 0 Å². The molecule has 1 aliphatic rings. The van der Waals surface area contributed by atoms with Crippen LogP contribution in [0.4, 0.5) is 5.69 Å². The van der Waals surface area contributed by atoms with Gasteiger partial charge in [0.25, 0.3) is 0 Å². The molecule has 0 aromatic heterocycles. The van der Waals surface area contributed by atoms with E-state index in [1.54, 1.807) is 0 Å². The van der Waals surface area contributed by atoms with Gasteiger partial charge in [-0.25, -0.2) is 0 Å². The zero-order valence-electron chi connectivity index (χ0n) is 14.3. The van der Waals surface area contributed by atoms with E-state index in [9.17, 15) is 9.90 Å². The molecule has 0 radical (unpaired) electrons. The van der Waals surface area contributed by atoms with Crippen molar-refractivity contribution in [3.63, 3.8) is 0 Å². The molecule has 2 rings (SSSR count). The number of hydrogen-bond donors (Lipinski definition) is 2. The molecule has 0 unspecified atom stereocenters. The van der Waals surface area contributed by atoms with Crippen LogP contribution >= 0.6 is 0 Å². The van der Waals surface area contributed by atoms with E-state index in [4.69, 9.17) is 0 Å². The number of fused-ring (bicyclic) bond motifs is 1. The van der Waals surface area contributed by atoms with E-state index in [0.717, 1.165) is 5.69 Å². The summed E-state index contributed by atoms with van der Waals surface area (Å²) in [6.07, 6.45) is 0.658. The minimum absolute atomic E-state index is 0.00264. The Hall–Kier alpha value is -1.55. The van der Waals surface area contributed by atoms with Crippen molar-refractivity contribution in [1.82, 2.24) is 5.32 Å². The lowest BCUT2D eigenvalue weighted by atomic mass is 9.92. The molecule has 1 aliphatic heterocycles. The summed E-state index contributed by atoms with van der Waals surface area (Å²) in [6.45, 7) is 8.43. The maximum atomic E-state index is 12.6. The van der Waals surface area contributed by atoms with Gasteiger partial charge in [-0.2, -0.15) is 0 Å². The highest BCUT2D eigenvalue weighted by Crippen LogP contribution is 2.30. The number of carbonyl (C=O) groups excluding carboxylic acids is 1. The number of aliphatic hydroxyl groups is 1. The van der Waals surface area contributed by atoms with Crippen LogP contribution in [0.25, 0.3) is 0 Å². The topological polar surface area (TPSA) is 52.6 Å². The molecule has 122 valence electrons. The van der Waals surface area contributed by atoms with E-state index in [-0.39, 0.29) is 30.5 Å². The van der Waals surface area contributed by atoms with Crippen LogP contribution in [-0.4, -0.2) is 36.8 Å². The SMILES string of the molecule is CC(C)c1ccc2c(c1)N(C)[C@@H](C(C)C)C(=O)N[C@H](CO)C2. The standard InChI is InChI=1S/C18H28N2O2/c1-11(2)13-6-7-14-8-15(10-21)19-18(22)17(12(3)4)20(5)16(14)9-13/h6-7,9,11-12,15,17,21H,8,10H2,1-5H3,(H,19,22)/t15-,17-/m0/s1. The Morgan fingerprint density at radius 2 is 2.00 bits per heavy atom. The van der Waals surface area contributed by atoms with Crippen LogP contribution in [0.1, 0.15) is 44.7 Å². The quantitative estimate of drug-likeness (QED) is 0.901. The van der Waals surface area contributed by atoms with Crippen molar-refractivity contribution in [2.45, 2.75) is 52.1 Å². The van der Waals surface area contributed by atoms with E-state index in [1.807, 2.05) is 7.05 Å². The lowest BCUT2D eigenvalue weighted by molar-refractivity contribution is -0.124. The first kappa shape index (κ1) is 16.8. The van der Waals surface area contributed by atoms with E-state index >= 15 is 0 Å². The number of amides is 1. The number of carbonyl (C=O) groups is 1. The van der Waals surface area contributed by atoms with Crippen molar-refractivity contribution in [3.8, 4) is 0 Å². The summed E-state index contributed by atoms with van der Waals surface area (Å²) >= 11 is 0. The van der Waals surface area contributed by atoms with Gasteiger partial charge in [-0.15, -0.1) is 0 Å². The molecule has 2 atom stereocenters. The van der Waals surface area contributed by atoms with Crippen molar-refractivity contribution in [2.24, 2.45) is 5.92 Å². The molecule has 1 aromatic carbocycles. The van der Waals surface area contributed by atoms with E-state index in [1.165, 1.54) is 11.1 Å². The number of rotatable bonds is 3. The molecule has 4 heteroatoms. The number of nitrogens with zero attached hydrogens (tertiary/aromatic N) is 1. The zero-order chi connectivity index (χ0) is 16.4. The normalized spacial score (nSPS) is 22.4. The number of nitrogens with one attached hydrogen (secondary N) is 1. The number of likely N-dealkylation sites (N-methyl/N-ethyl adjacent to an activating group) is 1. The molecule has 1 amide bonds. The Morgan fingerprint density at radius 1 is 1.32 bits per heavy atom. The molecule has 1 aromatic rings. The minimum atomic E-state index is -0.226. The van der Waals surface area contributed by atoms with Gasteiger partial charge in [-0.05, 0) is 35.4 Å². The summed E-state index contributed by atoms with van der Waals surface area (Å²) < 4.78 is 0. The Kier molecular flexibility index (Phi) is 5.12. The Labute approximate surface area is 133 Å². The van der Waals surface area contributed by atoms with Crippen molar-refractivity contribution in [1.29, 1.82) is 0 Å². The van der Waals surface area contributed by atoms with Crippen molar-refractivity contribution in [2.75, 3.05) is 18.6 Å². The van der Waals surface area contributed by atoms with E-state index in [0.29, 0.717) is 12.3 Å². The fourth-order valence-corrected chi connectivity index (χ4v) is 3.23. The Bertz CT molecular complexity index is 540. The molecule has 0 saturated heterocycles. The average molecular weight is 304 g/mol. The van der Waals surface area contributed by atoms with Gasteiger partial charge >= 0.3 is 0 Å². The minimum Gasteiger partial charge on any atom is -0.394 e. The zero-order valence-corrected chi connectivity index (χ0v) is 14.3. The molecular formula is C18H28N2O2. The predicted octanol–water partition coefficient (Wildman–Crippen LogP) is 2.30. The van der Waals surface area contributed by atoms with Crippen LogP contribution in [0, 0.1) is 5.92 Å².